The zero-order valence-corrected chi connectivity index (χ0v) is 11.8. The zero-order valence-electron chi connectivity index (χ0n) is 11.0. The van der Waals surface area contributed by atoms with Gasteiger partial charge in [0.1, 0.15) is 9.84 Å². The second-order valence-electron chi connectivity index (χ2n) is 5.23. The van der Waals surface area contributed by atoms with Gasteiger partial charge < -0.3 is 11.1 Å². The highest BCUT2D eigenvalue weighted by Crippen LogP contribution is 2.28. The first kappa shape index (κ1) is 15.4. The van der Waals surface area contributed by atoms with Crippen LogP contribution in [0.5, 0.6) is 0 Å². The first-order valence-corrected chi connectivity index (χ1v) is 8.64. The van der Waals surface area contributed by atoms with Gasteiger partial charge in [-0.15, -0.1) is 0 Å². The van der Waals surface area contributed by atoms with Gasteiger partial charge in [-0.2, -0.15) is 0 Å². The van der Waals surface area contributed by atoms with Crippen LogP contribution in [0.3, 0.4) is 0 Å². The Balaban J connectivity index is 2.18. The maximum Gasteiger partial charge on any atom is 0.223 e. The number of carbonyl (C=O) groups is 1. The number of hydrogen-bond donors (Lipinski definition) is 2. The Labute approximate surface area is 109 Å². The average Bonchev–Trinajstić information content (AvgIpc) is 2.33. The van der Waals surface area contributed by atoms with Crippen LogP contribution in [0.15, 0.2) is 0 Å². The molecule has 106 valence electrons. The molecule has 0 aliphatic heterocycles. The third kappa shape index (κ3) is 5.82. The largest absolute Gasteiger partial charge is 0.356 e. The molecule has 5 nitrogen and oxygen atoms in total. The molecule has 0 bridgehead atoms. The predicted octanol–water partition coefficient (Wildman–Crippen LogP) is 0.302. The quantitative estimate of drug-likeness (QED) is 0.683. The normalized spacial score (nSPS) is 24.8. The molecular weight excluding hydrogens is 252 g/mol. The maximum absolute atomic E-state index is 11.8. The van der Waals surface area contributed by atoms with Crippen molar-refractivity contribution in [3.05, 3.63) is 0 Å². The van der Waals surface area contributed by atoms with E-state index < -0.39 is 9.84 Å². The highest BCUT2D eigenvalue weighted by Gasteiger charge is 2.25. The molecule has 18 heavy (non-hydrogen) atoms. The highest BCUT2D eigenvalue weighted by molar-refractivity contribution is 7.90. The number of amides is 1. The monoisotopic (exact) mass is 276 g/mol. The summed E-state index contributed by atoms with van der Waals surface area (Å²) in [5.74, 6) is 0.858. The second kappa shape index (κ2) is 7.09. The molecule has 0 aromatic carbocycles. The molecule has 1 rings (SSSR count). The lowest BCUT2D eigenvalue weighted by Gasteiger charge is -2.26. The molecule has 0 unspecified atom stereocenters. The summed E-state index contributed by atoms with van der Waals surface area (Å²) < 4.78 is 21.8. The van der Waals surface area contributed by atoms with Gasteiger partial charge in [0.25, 0.3) is 0 Å². The topological polar surface area (TPSA) is 89.3 Å². The van der Waals surface area contributed by atoms with Crippen LogP contribution in [-0.4, -0.2) is 39.4 Å². The van der Waals surface area contributed by atoms with Crippen LogP contribution in [0.1, 0.15) is 32.1 Å². The summed E-state index contributed by atoms with van der Waals surface area (Å²) in [6.07, 6.45) is 5.56. The first-order chi connectivity index (χ1) is 8.42. The Bertz CT molecular complexity index is 360. The van der Waals surface area contributed by atoms with Crippen LogP contribution in [-0.2, 0) is 14.6 Å². The molecule has 0 aromatic heterocycles. The molecule has 6 heteroatoms. The van der Waals surface area contributed by atoms with Gasteiger partial charge in [-0.3, -0.25) is 4.79 Å². The van der Waals surface area contributed by atoms with Crippen molar-refractivity contribution >= 4 is 15.7 Å². The number of nitrogens with one attached hydrogen (secondary N) is 1. The number of rotatable bonds is 6. The third-order valence-corrected chi connectivity index (χ3v) is 4.57. The molecule has 1 saturated carbocycles. The van der Waals surface area contributed by atoms with Gasteiger partial charge >= 0.3 is 0 Å². The minimum atomic E-state index is -2.92. The SMILES string of the molecule is CS(=O)(=O)CCCNC(=O)C1CCC(CN)CC1. The fraction of sp³-hybridized carbons (Fsp3) is 0.917. The summed E-state index contributed by atoms with van der Waals surface area (Å²) in [5.41, 5.74) is 5.61. The van der Waals surface area contributed by atoms with Crippen LogP contribution in [0.4, 0.5) is 0 Å². The molecule has 0 aromatic rings. The Morgan fingerprint density at radius 2 is 1.89 bits per heavy atom. The Morgan fingerprint density at radius 3 is 2.39 bits per heavy atom. The van der Waals surface area contributed by atoms with E-state index >= 15 is 0 Å². The lowest BCUT2D eigenvalue weighted by atomic mass is 9.81. The molecule has 1 aliphatic rings. The van der Waals surface area contributed by atoms with Crippen molar-refractivity contribution in [1.29, 1.82) is 0 Å². The number of carbonyl (C=O) groups excluding carboxylic acids is 1. The summed E-state index contributed by atoms with van der Waals surface area (Å²) in [4.78, 5) is 11.8. The molecule has 0 saturated heterocycles. The maximum atomic E-state index is 11.8. The van der Waals surface area contributed by atoms with Gasteiger partial charge in [-0.1, -0.05) is 0 Å². The molecule has 1 amide bonds. The van der Waals surface area contributed by atoms with Crippen molar-refractivity contribution < 1.29 is 13.2 Å². The van der Waals surface area contributed by atoms with Crippen molar-refractivity contribution in [2.45, 2.75) is 32.1 Å². The number of hydrogen-bond acceptors (Lipinski definition) is 4. The minimum Gasteiger partial charge on any atom is -0.356 e. The summed E-state index contributed by atoms with van der Waals surface area (Å²) >= 11 is 0. The molecular formula is C12H24N2O3S. The second-order valence-corrected chi connectivity index (χ2v) is 7.49. The van der Waals surface area contributed by atoms with E-state index in [0.29, 0.717) is 25.4 Å². The van der Waals surface area contributed by atoms with E-state index in [9.17, 15) is 13.2 Å². The Hall–Kier alpha value is -0.620. The van der Waals surface area contributed by atoms with Crippen LogP contribution >= 0.6 is 0 Å². The lowest BCUT2D eigenvalue weighted by molar-refractivity contribution is -0.126. The van der Waals surface area contributed by atoms with Gasteiger partial charge in [-0.25, -0.2) is 8.42 Å². The summed E-state index contributed by atoms with van der Waals surface area (Å²) in [6, 6.07) is 0. The highest BCUT2D eigenvalue weighted by atomic mass is 32.2. The lowest BCUT2D eigenvalue weighted by Crippen LogP contribution is -2.35. The van der Waals surface area contributed by atoms with E-state index in [2.05, 4.69) is 5.32 Å². The van der Waals surface area contributed by atoms with Gasteiger partial charge in [0.05, 0.1) is 5.75 Å². The first-order valence-electron chi connectivity index (χ1n) is 6.58. The summed E-state index contributed by atoms with van der Waals surface area (Å²) in [7, 11) is -2.92. The summed E-state index contributed by atoms with van der Waals surface area (Å²) in [5, 5.41) is 2.82. The minimum absolute atomic E-state index is 0.0685. The van der Waals surface area contributed by atoms with Crippen molar-refractivity contribution in [2.75, 3.05) is 25.1 Å². The number of sulfone groups is 1. The molecule has 0 heterocycles. The standard InChI is InChI=1S/C12H24N2O3S/c1-18(16,17)8-2-7-14-12(15)11-5-3-10(9-13)4-6-11/h10-11H,2-9,13H2,1H3,(H,14,15). The van der Waals surface area contributed by atoms with Gasteiger partial charge in [0.15, 0.2) is 0 Å². The Kier molecular flexibility index (Phi) is 6.08. The number of nitrogens with two attached hydrogens (primary N) is 1. The van der Waals surface area contributed by atoms with E-state index in [1.165, 1.54) is 6.26 Å². The van der Waals surface area contributed by atoms with E-state index in [4.69, 9.17) is 5.73 Å². The van der Waals surface area contributed by atoms with Gasteiger partial charge in [0, 0.05) is 18.7 Å². The zero-order chi connectivity index (χ0) is 13.6. The molecule has 1 aliphatic carbocycles. The van der Waals surface area contributed by atoms with E-state index in [-0.39, 0.29) is 17.6 Å². The molecule has 0 spiro atoms. The fourth-order valence-corrected chi connectivity index (χ4v) is 3.02. The fourth-order valence-electron chi connectivity index (χ4n) is 2.35. The Morgan fingerprint density at radius 1 is 1.28 bits per heavy atom. The molecule has 1 fully saturated rings. The summed E-state index contributed by atoms with van der Waals surface area (Å²) in [6.45, 7) is 1.16. The van der Waals surface area contributed by atoms with Crippen molar-refractivity contribution in [3.8, 4) is 0 Å². The molecule has 3 N–H and O–H groups in total. The van der Waals surface area contributed by atoms with E-state index in [1.807, 2.05) is 0 Å². The molecule has 0 radical (unpaired) electrons. The van der Waals surface area contributed by atoms with Crippen LogP contribution in [0.25, 0.3) is 0 Å². The van der Waals surface area contributed by atoms with Gasteiger partial charge in [0.2, 0.25) is 5.91 Å². The molecule has 0 atom stereocenters. The van der Waals surface area contributed by atoms with Crippen LogP contribution in [0, 0.1) is 11.8 Å². The third-order valence-electron chi connectivity index (χ3n) is 3.54. The van der Waals surface area contributed by atoms with Crippen LogP contribution < -0.4 is 11.1 Å². The van der Waals surface area contributed by atoms with Gasteiger partial charge in [-0.05, 0) is 44.6 Å². The van der Waals surface area contributed by atoms with Crippen molar-refractivity contribution in [1.82, 2.24) is 5.32 Å². The smallest absolute Gasteiger partial charge is 0.223 e. The van der Waals surface area contributed by atoms with Crippen LogP contribution in [0.2, 0.25) is 0 Å². The van der Waals surface area contributed by atoms with Crippen molar-refractivity contribution in [3.63, 3.8) is 0 Å². The average molecular weight is 276 g/mol. The van der Waals surface area contributed by atoms with E-state index in [0.717, 1.165) is 25.7 Å². The predicted molar refractivity (Wildman–Crippen MR) is 71.8 cm³/mol. The van der Waals surface area contributed by atoms with E-state index in [1.54, 1.807) is 0 Å². The van der Waals surface area contributed by atoms with Crippen molar-refractivity contribution in [2.24, 2.45) is 17.6 Å².